The largest absolute Gasteiger partial charge is 0.492 e. The van der Waals surface area contributed by atoms with Gasteiger partial charge in [-0.25, -0.2) is 0 Å². The molecule has 0 fully saturated rings. The molecule has 4 nitrogen and oxygen atoms in total. The van der Waals surface area contributed by atoms with Gasteiger partial charge in [0.05, 0.1) is 19.4 Å². The second-order valence-electron chi connectivity index (χ2n) is 3.95. The monoisotopic (exact) mass is 279 g/mol. The van der Waals surface area contributed by atoms with Crippen molar-refractivity contribution in [3.05, 3.63) is 24.0 Å². The quantitative estimate of drug-likeness (QED) is 0.833. The predicted molar refractivity (Wildman–Crippen MR) is 61.9 cm³/mol. The fourth-order valence-electron chi connectivity index (χ4n) is 1.30. The van der Waals surface area contributed by atoms with Crippen LogP contribution in [0, 0.1) is 0 Å². The first-order chi connectivity index (χ1) is 8.92. The van der Waals surface area contributed by atoms with Crippen LogP contribution in [0.2, 0.25) is 0 Å². The van der Waals surface area contributed by atoms with E-state index in [-0.39, 0.29) is 0 Å². The van der Waals surface area contributed by atoms with Crippen molar-refractivity contribution in [3.8, 4) is 5.75 Å². The molecule has 1 heterocycles. The zero-order valence-corrected chi connectivity index (χ0v) is 10.5. The van der Waals surface area contributed by atoms with Crippen molar-refractivity contribution in [1.29, 1.82) is 0 Å². The Morgan fingerprint density at radius 1 is 1.37 bits per heavy atom. The van der Waals surface area contributed by atoms with Gasteiger partial charge in [-0.1, -0.05) is 6.92 Å². The number of ether oxygens (including phenoxy) is 2. The summed E-state index contributed by atoms with van der Waals surface area (Å²) in [4.78, 5) is 3.85. The minimum absolute atomic E-state index is 0.357. The van der Waals surface area contributed by atoms with E-state index in [1.807, 2.05) is 6.92 Å². The van der Waals surface area contributed by atoms with Gasteiger partial charge in [0.2, 0.25) is 0 Å². The Labute approximate surface area is 109 Å². The van der Waals surface area contributed by atoms with E-state index in [0.29, 0.717) is 17.9 Å². The molecule has 0 aliphatic rings. The highest BCUT2D eigenvalue weighted by Crippen LogP contribution is 2.20. The molecular formula is C12H16F3NO3. The van der Waals surface area contributed by atoms with Crippen LogP contribution in [0.15, 0.2) is 18.5 Å². The molecule has 0 saturated carbocycles. The van der Waals surface area contributed by atoms with E-state index in [4.69, 9.17) is 4.74 Å². The Balaban J connectivity index is 2.49. The van der Waals surface area contributed by atoms with E-state index in [0.717, 1.165) is 6.42 Å². The summed E-state index contributed by atoms with van der Waals surface area (Å²) in [5.74, 6) is 0.467. The lowest BCUT2D eigenvalue weighted by Gasteiger charge is -2.13. The van der Waals surface area contributed by atoms with Crippen LogP contribution in [0.25, 0.3) is 0 Å². The maximum absolute atomic E-state index is 11.9. The van der Waals surface area contributed by atoms with Gasteiger partial charge in [-0.2, -0.15) is 13.2 Å². The molecule has 0 aliphatic carbocycles. The fraction of sp³-hybridized carbons (Fsp3) is 0.583. The number of pyridine rings is 1. The number of hydrogen-bond donors (Lipinski definition) is 1. The van der Waals surface area contributed by atoms with Crippen LogP contribution in [0.3, 0.4) is 0 Å². The van der Waals surface area contributed by atoms with E-state index in [1.165, 1.54) is 18.5 Å². The first-order valence-electron chi connectivity index (χ1n) is 5.82. The minimum Gasteiger partial charge on any atom is -0.492 e. The highest BCUT2D eigenvalue weighted by atomic mass is 19.4. The van der Waals surface area contributed by atoms with Crippen LogP contribution in [-0.4, -0.2) is 36.1 Å². The second-order valence-corrected chi connectivity index (χ2v) is 3.95. The summed E-state index contributed by atoms with van der Waals surface area (Å²) in [5.41, 5.74) is 0.357. The number of alkyl halides is 3. The number of aliphatic hydroxyl groups excluding tert-OH is 1. The maximum Gasteiger partial charge on any atom is 0.411 e. The van der Waals surface area contributed by atoms with Gasteiger partial charge in [-0.05, 0) is 12.5 Å². The summed E-state index contributed by atoms with van der Waals surface area (Å²) in [7, 11) is 0. The van der Waals surface area contributed by atoms with Crippen molar-refractivity contribution < 1.29 is 27.8 Å². The highest BCUT2D eigenvalue weighted by molar-refractivity contribution is 5.25. The molecule has 0 aliphatic heterocycles. The van der Waals surface area contributed by atoms with Gasteiger partial charge < -0.3 is 14.6 Å². The van der Waals surface area contributed by atoms with E-state index >= 15 is 0 Å². The number of aromatic nitrogens is 1. The molecule has 0 radical (unpaired) electrons. The van der Waals surface area contributed by atoms with Crippen LogP contribution in [-0.2, 0) is 4.74 Å². The molecule has 19 heavy (non-hydrogen) atoms. The van der Waals surface area contributed by atoms with Crippen molar-refractivity contribution in [2.75, 3.05) is 19.8 Å². The molecule has 7 heteroatoms. The lowest BCUT2D eigenvalue weighted by molar-refractivity contribution is -0.179. The summed E-state index contributed by atoms with van der Waals surface area (Å²) in [6.07, 6.45) is -1.91. The topological polar surface area (TPSA) is 51.6 Å². The third-order valence-corrected chi connectivity index (χ3v) is 2.13. The average Bonchev–Trinajstić information content (AvgIpc) is 2.35. The van der Waals surface area contributed by atoms with Gasteiger partial charge in [0.25, 0.3) is 0 Å². The molecule has 1 unspecified atom stereocenters. The van der Waals surface area contributed by atoms with E-state index in [1.54, 1.807) is 0 Å². The van der Waals surface area contributed by atoms with Crippen LogP contribution < -0.4 is 4.74 Å². The molecule has 0 bridgehead atoms. The number of aliphatic hydroxyl groups is 1. The van der Waals surface area contributed by atoms with Gasteiger partial charge in [-0.15, -0.1) is 0 Å². The van der Waals surface area contributed by atoms with Crippen LogP contribution in [0.5, 0.6) is 5.75 Å². The zero-order chi connectivity index (χ0) is 14.3. The zero-order valence-electron chi connectivity index (χ0n) is 10.5. The molecule has 0 saturated heterocycles. The van der Waals surface area contributed by atoms with Crippen LogP contribution >= 0.6 is 0 Å². The number of nitrogens with zero attached hydrogens (tertiary/aromatic N) is 1. The van der Waals surface area contributed by atoms with Crippen LogP contribution in [0.4, 0.5) is 13.2 Å². The van der Waals surface area contributed by atoms with Crippen molar-refractivity contribution in [2.24, 2.45) is 0 Å². The standard InChI is InChI=1S/C12H16F3NO3/c1-2-3-19-10-4-9(5-16-6-10)11(17)7-18-8-12(13,14)15/h4-6,11,17H,2-3,7-8H2,1H3. The molecular weight excluding hydrogens is 263 g/mol. The van der Waals surface area contributed by atoms with Crippen molar-refractivity contribution in [2.45, 2.75) is 25.6 Å². The van der Waals surface area contributed by atoms with Crippen molar-refractivity contribution in [3.63, 3.8) is 0 Å². The molecule has 1 aromatic heterocycles. The average molecular weight is 279 g/mol. The van der Waals surface area contributed by atoms with Gasteiger partial charge in [0, 0.05) is 11.8 Å². The Hall–Kier alpha value is -1.34. The Kier molecular flexibility index (Phi) is 6.04. The second kappa shape index (κ2) is 7.30. The summed E-state index contributed by atoms with van der Waals surface area (Å²) < 4.78 is 45.3. The molecule has 1 atom stereocenters. The van der Waals surface area contributed by atoms with Crippen molar-refractivity contribution >= 4 is 0 Å². The van der Waals surface area contributed by atoms with Gasteiger partial charge in [0.15, 0.2) is 0 Å². The molecule has 0 spiro atoms. The summed E-state index contributed by atoms with van der Waals surface area (Å²) in [6, 6.07) is 1.53. The smallest absolute Gasteiger partial charge is 0.411 e. The first-order valence-corrected chi connectivity index (χ1v) is 5.82. The fourth-order valence-corrected chi connectivity index (χ4v) is 1.30. The molecule has 1 rings (SSSR count). The summed E-state index contributed by atoms with van der Waals surface area (Å²) in [6.45, 7) is 0.616. The SMILES string of the molecule is CCCOc1cncc(C(O)COCC(F)(F)F)c1. The third kappa shape index (κ3) is 6.40. The van der Waals surface area contributed by atoms with Gasteiger partial charge in [-0.3, -0.25) is 4.98 Å². The van der Waals surface area contributed by atoms with Crippen LogP contribution in [0.1, 0.15) is 25.0 Å². The molecule has 0 aromatic carbocycles. The summed E-state index contributed by atoms with van der Waals surface area (Å²) >= 11 is 0. The minimum atomic E-state index is -4.40. The summed E-state index contributed by atoms with van der Waals surface area (Å²) in [5, 5.41) is 9.68. The third-order valence-electron chi connectivity index (χ3n) is 2.13. The van der Waals surface area contributed by atoms with E-state index < -0.39 is 25.5 Å². The van der Waals surface area contributed by atoms with E-state index in [9.17, 15) is 18.3 Å². The first kappa shape index (κ1) is 15.7. The number of rotatable bonds is 7. The molecule has 1 N–H and O–H groups in total. The molecule has 108 valence electrons. The Bertz CT molecular complexity index is 385. The Morgan fingerprint density at radius 2 is 2.11 bits per heavy atom. The van der Waals surface area contributed by atoms with Crippen molar-refractivity contribution in [1.82, 2.24) is 4.98 Å². The predicted octanol–water partition coefficient (Wildman–Crippen LogP) is 2.48. The number of halogens is 3. The normalized spacial score (nSPS) is 13.3. The lowest BCUT2D eigenvalue weighted by Crippen LogP contribution is -2.19. The van der Waals surface area contributed by atoms with Gasteiger partial charge >= 0.3 is 6.18 Å². The van der Waals surface area contributed by atoms with E-state index in [2.05, 4.69) is 9.72 Å². The molecule has 1 aromatic rings. The maximum atomic E-state index is 11.9. The number of hydrogen-bond acceptors (Lipinski definition) is 4. The highest BCUT2D eigenvalue weighted by Gasteiger charge is 2.27. The molecule has 0 amide bonds. The van der Waals surface area contributed by atoms with Gasteiger partial charge in [0.1, 0.15) is 18.5 Å². The lowest BCUT2D eigenvalue weighted by atomic mass is 10.2. The Morgan fingerprint density at radius 3 is 2.74 bits per heavy atom.